The van der Waals surface area contributed by atoms with E-state index in [1.54, 1.807) is 12.1 Å². The first kappa shape index (κ1) is 13.0. The first-order valence-corrected chi connectivity index (χ1v) is 6.32. The van der Waals surface area contributed by atoms with Gasteiger partial charge in [-0.25, -0.2) is 9.18 Å². The second kappa shape index (κ2) is 4.68. The highest BCUT2D eigenvalue weighted by Crippen LogP contribution is 2.32. The van der Waals surface area contributed by atoms with Gasteiger partial charge in [-0.1, -0.05) is 15.9 Å². The van der Waals surface area contributed by atoms with Gasteiger partial charge >= 0.3 is 6.03 Å². The summed E-state index contributed by atoms with van der Waals surface area (Å²) < 4.78 is 14.6. The molecule has 0 saturated heterocycles. The van der Waals surface area contributed by atoms with E-state index in [1.807, 2.05) is 13.8 Å². The molecule has 4 nitrogen and oxygen atoms in total. The van der Waals surface area contributed by atoms with Crippen LogP contribution in [0.3, 0.4) is 0 Å². The number of urea groups is 1. The number of hydrogen-bond acceptors (Lipinski definition) is 2. The van der Waals surface area contributed by atoms with Gasteiger partial charge in [0.25, 0.3) is 0 Å². The third kappa shape index (κ3) is 2.12. The zero-order chi connectivity index (χ0) is 13.4. The van der Waals surface area contributed by atoms with Gasteiger partial charge in [0.15, 0.2) is 0 Å². The number of benzene rings is 1. The lowest BCUT2D eigenvalue weighted by Gasteiger charge is -2.28. The number of nitrogens with zero attached hydrogens (tertiary/aromatic N) is 2. The Morgan fingerprint density at radius 3 is 2.78 bits per heavy atom. The van der Waals surface area contributed by atoms with Gasteiger partial charge in [0.2, 0.25) is 0 Å². The summed E-state index contributed by atoms with van der Waals surface area (Å²) in [5, 5.41) is 0. The molecule has 2 rings (SSSR count). The van der Waals surface area contributed by atoms with Crippen molar-refractivity contribution in [3.8, 4) is 0 Å². The molecule has 1 heterocycles. The van der Waals surface area contributed by atoms with Crippen LogP contribution in [-0.4, -0.2) is 22.8 Å². The van der Waals surface area contributed by atoms with Crippen LogP contribution in [0.5, 0.6) is 0 Å². The number of carbonyl (C=O) groups is 1. The largest absolute Gasteiger partial charge is 0.385 e. The summed E-state index contributed by atoms with van der Waals surface area (Å²) in [6, 6.07) is 3.40. The molecule has 1 aliphatic rings. The Morgan fingerprint density at radius 1 is 1.50 bits per heavy atom. The summed E-state index contributed by atoms with van der Waals surface area (Å²) in [4.78, 5) is 16.9. The molecule has 0 fully saturated rings. The maximum absolute atomic E-state index is 13.9. The number of amides is 2. The Hall–Kier alpha value is -1.43. The molecule has 1 aromatic rings. The van der Waals surface area contributed by atoms with Crippen LogP contribution in [0, 0.1) is 5.82 Å². The summed E-state index contributed by atoms with van der Waals surface area (Å²) in [5.41, 5.74) is 6.11. The van der Waals surface area contributed by atoms with E-state index in [1.165, 1.54) is 11.0 Å². The van der Waals surface area contributed by atoms with E-state index in [4.69, 9.17) is 5.73 Å². The summed E-state index contributed by atoms with van der Waals surface area (Å²) in [6.45, 7) is 3.68. The van der Waals surface area contributed by atoms with Crippen LogP contribution in [0.2, 0.25) is 0 Å². The number of carbonyl (C=O) groups excluding carboxylic acids is 1. The molecule has 1 unspecified atom stereocenters. The van der Waals surface area contributed by atoms with Crippen molar-refractivity contribution in [2.45, 2.75) is 25.9 Å². The van der Waals surface area contributed by atoms with E-state index >= 15 is 0 Å². The molecule has 18 heavy (non-hydrogen) atoms. The molecule has 6 heteroatoms. The van der Waals surface area contributed by atoms with Gasteiger partial charge in [0.1, 0.15) is 17.7 Å². The lowest BCUT2D eigenvalue weighted by atomic mass is 10.0. The third-order valence-corrected chi connectivity index (χ3v) is 3.31. The first-order chi connectivity index (χ1) is 8.41. The summed E-state index contributed by atoms with van der Waals surface area (Å²) in [5.74, 6) is -0.271. The minimum absolute atomic E-state index is 0.106. The predicted octanol–water partition coefficient (Wildman–Crippen LogP) is 2.83. The van der Waals surface area contributed by atoms with Gasteiger partial charge in [-0.05, 0) is 32.0 Å². The molecular formula is C12H13BrFN3O. The number of hydrogen-bond donors (Lipinski definition) is 1. The van der Waals surface area contributed by atoms with E-state index in [9.17, 15) is 9.18 Å². The number of amidine groups is 1. The number of halogens is 2. The SMILES string of the molecule is CC(C)N1C(=O)N=C(N)C1c1cc(Br)ccc1F. The van der Waals surface area contributed by atoms with Crippen LogP contribution in [0.1, 0.15) is 25.5 Å². The topological polar surface area (TPSA) is 58.7 Å². The fraction of sp³-hybridized carbons (Fsp3) is 0.333. The Labute approximate surface area is 113 Å². The minimum Gasteiger partial charge on any atom is -0.385 e. The number of nitrogens with two attached hydrogens (primary N) is 1. The standard InChI is InChI=1S/C12H13BrFN3O/c1-6(2)17-10(11(15)16-12(17)18)8-5-7(13)3-4-9(8)14/h3-6,10H,1-2H3,(H2,15,16,18). The molecule has 1 aromatic carbocycles. The first-order valence-electron chi connectivity index (χ1n) is 5.53. The smallest absolute Gasteiger partial charge is 0.346 e. The second-order valence-electron chi connectivity index (χ2n) is 4.39. The van der Waals surface area contributed by atoms with Gasteiger partial charge in [-0.15, -0.1) is 0 Å². The second-order valence-corrected chi connectivity index (χ2v) is 5.30. The van der Waals surface area contributed by atoms with Gasteiger partial charge in [0, 0.05) is 16.1 Å². The van der Waals surface area contributed by atoms with Crippen molar-refractivity contribution >= 4 is 27.8 Å². The highest BCUT2D eigenvalue weighted by atomic mass is 79.9. The Morgan fingerprint density at radius 2 is 2.17 bits per heavy atom. The van der Waals surface area contributed by atoms with Crippen molar-refractivity contribution in [3.05, 3.63) is 34.1 Å². The van der Waals surface area contributed by atoms with Gasteiger partial charge < -0.3 is 10.6 Å². The number of rotatable bonds is 2. The van der Waals surface area contributed by atoms with Crippen LogP contribution >= 0.6 is 15.9 Å². The molecule has 0 aliphatic carbocycles. The fourth-order valence-corrected chi connectivity index (χ4v) is 2.41. The van der Waals surface area contributed by atoms with E-state index < -0.39 is 17.9 Å². The van der Waals surface area contributed by atoms with Crippen molar-refractivity contribution in [1.29, 1.82) is 0 Å². The van der Waals surface area contributed by atoms with E-state index in [-0.39, 0.29) is 11.9 Å². The van der Waals surface area contributed by atoms with Crippen LogP contribution in [0.25, 0.3) is 0 Å². The zero-order valence-electron chi connectivity index (χ0n) is 10.0. The third-order valence-electron chi connectivity index (χ3n) is 2.81. The van der Waals surface area contributed by atoms with Crippen LogP contribution in [0.15, 0.2) is 27.7 Å². The summed E-state index contributed by atoms with van der Waals surface area (Å²) >= 11 is 3.28. The van der Waals surface area contributed by atoms with E-state index in [0.717, 1.165) is 4.47 Å². The highest BCUT2D eigenvalue weighted by molar-refractivity contribution is 9.10. The zero-order valence-corrected chi connectivity index (χ0v) is 11.6. The maximum atomic E-state index is 13.9. The maximum Gasteiger partial charge on any atom is 0.346 e. The lowest BCUT2D eigenvalue weighted by Crippen LogP contribution is -2.38. The molecule has 0 saturated carbocycles. The average molecular weight is 314 g/mol. The summed E-state index contributed by atoms with van der Waals surface area (Å²) in [6.07, 6.45) is 0. The predicted molar refractivity (Wildman–Crippen MR) is 70.8 cm³/mol. The van der Waals surface area contributed by atoms with E-state index in [0.29, 0.717) is 5.56 Å². The fourth-order valence-electron chi connectivity index (χ4n) is 2.03. The monoisotopic (exact) mass is 313 g/mol. The van der Waals surface area contributed by atoms with Gasteiger partial charge in [0.05, 0.1) is 0 Å². The Bertz CT molecular complexity index is 530. The lowest BCUT2D eigenvalue weighted by molar-refractivity contribution is 0.189. The van der Waals surface area contributed by atoms with Crippen LogP contribution in [-0.2, 0) is 0 Å². The van der Waals surface area contributed by atoms with Crippen LogP contribution in [0.4, 0.5) is 9.18 Å². The van der Waals surface area contributed by atoms with Gasteiger partial charge in [-0.2, -0.15) is 4.99 Å². The molecular weight excluding hydrogens is 301 g/mol. The normalized spacial score (nSPS) is 19.6. The summed E-state index contributed by atoms with van der Waals surface area (Å²) in [7, 11) is 0. The van der Waals surface area contributed by atoms with Crippen molar-refractivity contribution in [2.75, 3.05) is 0 Å². The molecule has 2 amide bonds. The quantitative estimate of drug-likeness (QED) is 0.912. The molecule has 0 bridgehead atoms. The molecule has 0 radical (unpaired) electrons. The van der Waals surface area contributed by atoms with Crippen molar-refractivity contribution in [2.24, 2.45) is 10.7 Å². The molecule has 0 spiro atoms. The van der Waals surface area contributed by atoms with Crippen LogP contribution < -0.4 is 5.73 Å². The average Bonchev–Trinajstić information content (AvgIpc) is 2.57. The molecule has 1 atom stereocenters. The molecule has 96 valence electrons. The minimum atomic E-state index is -0.630. The number of aliphatic imine (C=N–C) groups is 1. The Kier molecular flexibility index (Phi) is 3.38. The molecule has 0 aromatic heterocycles. The molecule has 2 N–H and O–H groups in total. The Balaban J connectivity index is 2.51. The van der Waals surface area contributed by atoms with Crippen molar-refractivity contribution in [1.82, 2.24) is 4.90 Å². The highest BCUT2D eigenvalue weighted by Gasteiger charge is 2.37. The van der Waals surface area contributed by atoms with Crippen molar-refractivity contribution in [3.63, 3.8) is 0 Å². The molecule has 1 aliphatic heterocycles. The van der Waals surface area contributed by atoms with Gasteiger partial charge in [-0.3, -0.25) is 0 Å². The van der Waals surface area contributed by atoms with Crippen molar-refractivity contribution < 1.29 is 9.18 Å². The van der Waals surface area contributed by atoms with E-state index in [2.05, 4.69) is 20.9 Å².